The Morgan fingerprint density at radius 2 is 2.17 bits per heavy atom. The van der Waals surface area contributed by atoms with Crippen LogP contribution in [0.25, 0.3) is 11.4 Å². The van der Waals surface area contributed by atoms with Gasteiger partial charge in [0.25, 0.3) is 0 Å². The molecule has 0 saturated heterocycles. The van der Waals surface area contributed by atoms with Crippen LogP contribution in [0.15, 0.2) is 46.0 Å². The number of aromatic amines is 1. The number of likely N-dealkylation sites (N-methyl/N-ethyl adjacent to an activating group) is 1. The molecule has 1 heterocycles. The maximum atomic E-state index is 12.2. The van der Waals surface area contributed by atoms with Crippen LogP contribution in [0.1, 0.15) is 13.8 Å². The predicted molar refractivity (Wildman–Crippen MR) is 97.3 cm³/mol. The van der Waals surface area contributed by atoms with E-state index >= 15 is 0 Å². The largest absolute Gasteiger partial charge is 0.338 e. The van der Waals surface area contributed by atoms with Crippen LogP contribution in [0.4, 0.5) is 0 Å². The van der Waals surface area contributed by atoms with Crippen LogP contribution in [-0.2, 0) is 4.79 Å². The van der Waals surface area contributed by atoms with Crippen LogP contribution in [0, 0.1) is 0 Å². The Morgan fingerprint density at radius 3 is 2.83 bits per heavy atom. The van der Waals surface area contributed by atoms with E-state index in [-0.39, 0.29) is 5.91 Å². The highest BCUT2D eigenvalue weighted by atomic mass is 79.9. The lowest BCUT2D eigenvalue weighted by Crippen LogP contribution is -2.33. The van der Waals surface area contributed by atoms with Gasteiger partial charge in [0.05, 0.1) is 5.75 Å². The molecule has 122 valence electrons. The van der Waals surface area contributed by atoms with E-state index in [0.717, 1.165) is 15.6 Å². The van der Waals surface area contributed by atoms with Crippen LogP contribution in [0.3, 0.4) is 0 Å². The normalized spacial score (nSPS) is 10.6. The average molecular weight is 395 g/mol. The number of rotatable bonds is 7. The Balaban J connectivity index is 1.98. The fourth-order valence-electron chi connectivity index (χ4n) is 2.00. The highest BCUT2D eigenvalue weighted by Crippen LogP contribution is 2.26. The molecule has 0 atom stereocenters. The van der Waals surface area contributed by atoms with Gasteiger partial charge in [-0.25, -0.2) is 4.98 Å². The minimum atomic E-state index is 0.0627. The molecule has 2 aromatic rings. The number of H-pyrrole nitrogens is 1. The van der Waals surface area contributed by atoms with Crippen molar-refractivity contribution in [1.82, 2.24) is 20.1 Å². The van der Waals surface area contributed by atoms with Crippen molar-refractivity contribution in [3.63, 3.8) is 0 Å². The van der Waals surface area contributed by atoms with Gasteiger partial charge < -0.3 is 4.90 Å². The third-order valence-corrected chi connectivity index (χ3v) is 4.64. The van der Waals surface area contributed by atoms with Crippen molar-refractivity contribution in [3.05, 3.63) is 40.9 Å². The molecule has 0 bridgehead atoms. The van der Waals surface area contributed by atoms with Gasteiger partial charge in [0.2, 0.25) is 11.1 Å². The minimum Gasteiger partial charge on any atom is -0.338 e. The highest BCUT2D eigenvalue weighted by molar-refractivity contribution is 9.10. The second kappa shape index (κ2) is 8.31. The molecule has 0 aliphatic heterocycles. The zero-order valence-electron chi connectivity index (χ0n) is 13.2. The topological polar surface area (TPSA) is 61.9 Å². The van der Waals surface area contributed by atoms with Crippen LogP contribution in [0.2, 0.25) is 0 Å². The van der Waals surface area contributed by atoms with Gasteiger partial charge >= 0.3 is 0 Å². The van der Waals surface area contributed by atoms with E-state index in [4.69, 9.17) is 0 Å². The summed E-state index contributed by atoms with van der Waals surface area (Å²) in [6.07, 6.45) is 0. The summed E-state index contributed by atoms with van der Waals surface area (Å²) in [7, 11) is 0. The molecular weight excluding hydrogens is 376 g/mol. The number of halogens is 1. The first-order valence-electron chi connectivity index (χ1n) is 7.23. The smallest absolute Gasteiger partial charge is 0.233 e. The number of nitrogens with zero attached hydrogens (tertiary/aromatic N) is 3. The van der Waals surface area contributed by atoms with Gasteiger partial charge in [-0.3, -0.25) is 9.89 Å². The first kappa shape index (κ1) is 17.7. The number of carbonyl (C=O) groups is 1. The summed E-state index contributed by atoms with van der Waals surface area (Å²) in [6.45, 7) is 8.99. The summed E-state index contributed by atoms with van der Waals surface area (Å²) < 4.78 is 0.947. The van der Waals surface area contributed by atoms with Gasteiger partial charge in [-0.2, -0.15) is 0 Å². The summed E-state index contributed by atoms with van der Waals surface area (Å²) in [5.41, 5.74) is 1.91. The summed E-state index contributed by atoms with van der Waals surface area (Å²) in [5, 5.41) is 7.65. The number of nitrogens with one attached hydrogen (secondary N) is 1. The molecule has 23 heavy (non-hydrogen) atoms. The van der Waals surface area contributed by atoms with Gasteiger partial charge in [-0.1, -0.05) is 58.0 Å². The first-order valence-corrected chi connectivity index (χ1v) is 9.01. The molecule has 7 heteroatoms. The number of benzene rings is 1. The standard InChI is InChI=1S/C16H19BrN4OS/c1-4-21(9-11(2)3)14(22)10-23-16-18-15(19-20-16)12-7-5-6-8-13(12)17/h5-8H,2,4,9-10H2,1,3H3,(H,18,19,20). The Bertz CT molecular complexity index is 701. The third kappa shape index (κ3) is 4.94. The molecule has 0 aliphatic carbocycles. The zero-order chi connectivity index (χ0) is 16.8. The predicted octanol–water partition coefficient (Wildman–Crippen LogP) is 3.75. The summed E-state index contributed by atoms with van der Waals surface area (Å²) >= 11 is 4.82. The van der Waals surface area contributed by atoms with Crippen molar-refractivity contribution < 1.29 is 4.79 Å². The van der Waals surface area contributed by atoms with E-state index in [1.807, 2.05) is 38.1 Å². The van der Waals surface area contributed by atoms with E-state index in [1.165, 1.54) is 11.8 Å². The zero-order valence-corrected chi connectivity index (χ0v) is 15.6. The first-order chi connectivity index (χ1) is 11.0. The maximum absolute atomic E-state index is 12.2. The molecule has 5 nitrogen and oxygen atoms in total. The number of carbonyl (C=O) groups excluding carboxylic acids is 1. The molecule has 1 aromatic carbocycles. The van der Waals surface area contributed by atoms with Crippen molar-refractivity contribution in [1.29, 1.82) is 0 Å². The number of thioether (sulfide) groups is 1. The molecule has 1 N–H and O–H groups in total. The van der Waals surface area contributed by atoms with Gasteiger partial charge in [-0.05, 0) is 19.9 Å². The van der Waals surface area contributed by atoms with Crippen molar-refractivity contribution in [2.45, 2.75) is 19.0 Å². The van der Waals surface area contributed by atoms with Crippen molar-refractivity contribution in [3.8, 4) is 11.4 Å². The number of hydrogen-bond donors (Lipinski definition) is 1. The molecule has 0 aliphatic rings. The SMILES string of the molecule is C=C(C)CN(CC)C(=O)CSc1n[nH]c(-c2ccccc2Br)n1. The Morgan fingerprint density at radius 1 is 1.43 bits per heavy atom. The van der Waals surface area contributed by atoms with Crippen LogP contribution in [0.5, 0.6) is 0 Å². The quantitative estimate of drug-likeness (QED) is 0.573. The van der Waals surface area contributed by atoms with Gasteiger partial charge in [0.1, 0.15) is 0 Å². The molecule has 0 saturated carbocycles. The average Bonchev–Trinajstić information content (AvgIpc) is 2.99. The molecule has 2 rings (SSSR count). The molecule has 0 unspecified atom stereocenters. The Kier molecular flexibility index (Phi) is 6.41. The fourth-order valence-corrected chi connectivity index (χ4v) is 3.18. The third-order valence-electron chi connectivity index (χ3n) is 3.11. The highest BCUT2D eigenvalue weighted by Gasteiger charge is 2.14. The lowest BCUT2D eigenvalue weighted by molar-refractivity contribution is -0.127. The van der Waals surface area contributed by atoms with E-state index in [9.17, 15) is 4.79 Å². The van der Waals surface area contributed by atoms with E-state index in [2.05, 4.69) is 37.7 Å². The lowest BCUT2D eigenvalue weighted by Gasteiger charge is -2.20. The molecular formula is C16H19BrN4OS. The van der Waals surface area contributed by atoms with Gasteiger partial charge in [0.15, 0.2) is 5.82 Å². The molecule has 1 aromatic heterocycles. The summed E-state index contributed by atoms with van der Waals surface area (Å²) in [4.78, 5) is 18.4. The number of aromatic nitrogens is 3. The molecule has 0 spiro atoms. The maximum Gasteiger partial charge on any atom is 0.233 e. The summed E-state index contributed by atoms with van der Waals surface area (Å²) in [6, 6.07) is 7.79. The number of hydrogen-bond acceptors (Lipinski definition) is 4. The van der Waals surface area contributed by atoms with E-state index in [1.54, 1.807) is 4.90 Å². The fraction of sp³-hybridized carbons (Fsp3) is 0.312. The van der Waals surface area contributed by atoms with Crippen molar-refractivity contribution in [2.24, 2.45) is 0 Å². The van der Waals surface area contributed by atoms with E-state index < -0.39 is 0 Å². The van der Waals surface area contributed by atoms with Crippen molar-refractivity contribution >= 4 is 33.6 Å². The van der Waals surface area contributed by atoms with Crippen LogP contribution < -0.4 is 0 Å². The monoisotopic (exact) mass is 394 g/mol. The van der Waals surface area contributed by atoms with E-state index in [0.29, 0.717) is 29.8 Å². The Labute approximate surface area is 148 Å². The van der Waals surface area contributed by atoms with Crippen LogP contribution in [-0.4, -0.2) is 44.8 Å². The molecule has 0 fully saturated rings. The van der Waals surface area contributed by atoms with Gasteiger partial charge in [0, 0.05) is 23.1 Å². The second-order valence-corrected chi connectivity index (χ2v) is 6.90. The lowest BCUT2D eigenvalue weighted by atomic mass is 10.2. The minimum absolute atomic E-state index is 0.0627. The molecule has 1 amide bonds. The molecule has 0 radical (unpaired) electrons. The van der Waals surface area contributed by atoms with Gasteiger partial charge in [-0.15, -0.1) is 5.10 Å². The number of amides is 1. The summed E-state index contributed by atoms with van der Waals surface area (Å²) in [5.74, 6) is 1.06. The Hall–Kier alpha value is -1.60. The van der Waals surface area contributed by atoms with Crippen molar-refractivity contribution in [2.75, 3.05) is 18.8 Å². The second-order valence-electron chi connectivity index (χ2n) is 5.10. The van der Waals surface area contributed by atoms with Crippen LogP contribution >= 0.6 is 27.7 Å².